The van der Waals surface area contributed by atoms with Crippen LogP contribution in [0.2, 0.25) is 0 Å². The number of H-pyrrole nitrogens is 1. The molecule has 3 aromatic rings. The molecule has 0 spiro atoms. The van der Waals surface area contributed by atoms with E-state index in [2.05, 4.69) is 15.6 Å². The second kappa shape index (κ2) is 10.8. The lowest BCUT2D eigenvalue weighted by molar-refractivity contribution is -0.142. The Morgan fingerprint density at radius 3 is 2.32 bits per heavy atom. The minimum Gasteiger partial charge on any atom is -0.508 e. The van der Waals surface area contributed by atoms with Crippen molar-refractivity contribution in [3.05, 3.63) is 65.9 Å². The lowest BCUT2D eigenvalue weighted by Gasteiger charge is -2.24. The number of carbonyl (C=O) groups excluding carboxylic acids is 2. The van der Waals surface area contributed by atoms with Gasteiger partial charge in [-0.3, -0.25) is 9.59 Å². The highest BCUT2D eigenvalue weighted by molar-refractivity contribution is 5.92. The Morgan fingerprint density at radius 2 is 1.68 bits per heavy atom. The van der Waals surface area contributed by atoms with E-state index in [1.165, 1.54) is 31.2 Å². The van der Waals surface area contributed by atoms with Crippen molar-refractivity contribution in [2.24, 2.45) is 5.73 Å². The molecule has 34 heavy (non-hydrogen) atoms. The Hall–Kier alpha value is -3.89. The number of phenols is 1. The van der Waals surface area contributed by atoms with Gasteiger partial charge in [-0.05, 0) is 42.7 Å². The number of rotatable bonds is 10. The fourth-order valence-electron chi connectivity index (χ4n) is 3.62. The van der Waals surface area contributed by atoms with Crippen molar-refractivity contribution in [3.8, 4) is 5.75 Å². The number of nitrogens with two attached hydrogens (primary N) is 1. The molecule has 2 amide bonds. The van der Waals surface area contributed by atoms with Gasteiger partial charge in [-0.2, -0.15) is 0 Å². The summed E-state index contributed by atoms with van der Waals surface area (Å²) in [4.78, 5) is 40.2. The van der Waals surface area contributed by atoms with Gasteiger partial charge in [0.05, 0.1) is 12.1 Å². The number of phenolic OH excluding ortho intramolecular Hbond substituents is 1. The fraction of sp³-hybridized carbons (Fsp3) is 0.292. The average Bonchev–Trinajstić information content (AvgIpc) is 3.20. The number of aromatic amines is 1. The van der Waals surface area contributed by atoms with Crippen LogP contribution in [0, 0.1) is 0 Å². The maximum absolute atomic E-state index is 12.8. The predicted octanol–water partition coefficient (Wildman–Crippen LogP) is 0.421. The molecule has 0 saturated carbocycles. The van der Waals surface area contributed by atoms with Crippen LogP contribution >= 0.6 is 0 Å². The van der Waals surface area contributed by atoms with Crippen LogP contribution in [-0.4, -0.2) is 62.3 Å². The van der Waals surface area contributed by atoms with E-state index in [4.69, 9.17) is 5.73 Å². The number of aliphatic hydroxyl groups is 1. The number of aliphatic hydroxyl groups excluding tert-OH is 1. The first-order valence-corrected chi connectivity index (χ1v) is 10.8. The average molecular weight is 469 g/mol. The molecule has 10 heteroatoms. The van der Waals surface area contributed by atoms with Gasteiger partial charge in [0, 0.05) is 23.5 Å². The van der Waals surface area contributed by atoms with Gasteiger partial charge in [-0.1, -0.05) is 30.3 Å². The number of benzene rings is 2. The first-order chi connectivity index (χ1) is 16.2. The molecule has 0 aliphatic carbocycles. The summed E-state index contributed by atoms with van der Waals surface area (Å²) in [6.45, 7) is 1.31. The number of amides is 2. The molecule has 1 heterocycles. The number of fused-ring (bicyclic) bond motifs is 1. The number of carboxylic acid groups (broad SMARTS) is 1. The number of carbonyl (C=O) groups is 3. The van der Waals surface area contributed by atoms with Crippen molar-refractivity contribution in [1.29, 1.82) is 0 Å². The molecular weight excluding hydrogens is 440 g/mol. The third kappa shape index (κ3) is 6.12. The van der Waals surface area contributed by atoms with Gasteiger partial charge in [0.1, 0.15) is 17.8 Å². The normalized spacial score (nSPS) is 14.7. The van der Waals surface area contributed by atoms with Crippen molar-refractivity contribution in [2.75, 3.05) is 0 Å². The van der Waals surface area contributed by atoms with Gasteiger partial charge in [0.15, 0.2) is 0 Å². The van der Waals surface area contributed by atoms with Crippen LogP contribution in [0.25, 0.3) is 10.9 Å². The number of aromatic nitrogens is 1. The highest BCUT2D eigenvalue weighted by Gasteiger charge is 2.31. The van der Waals surface area contributed by atoms with E-state index in [0.717, 1.165) is 16.5 Å². The molecule has 0 bridgehead atoms. The van der Waals surface area contributed by atoms with Gasteiger partial charge < -0.3 is 36.7 Å². The van der Waals surface area contributed by atoms with E-state index in [1.54, 1.807) is 6.20 Å². The molecule has 0 aliphatic rings. The van der Waals surface area contributed by atoms with Gasteiger partial charge in [0.25, 0.3) is 0 Å². The zero-order valence-corrected chi connectivity index (χ0v) is 18.6. The van der Waals surface area contributed by atoms with Crippen molar-refractivity contribution < 1.29 is 29.7 Å². The molecular formula is C24H28N4O6. The predicted molar refractivity (Wildman–Crippen MR) is 125 cm³/mol. The SMILES string of the molecule is CC(O)C(NC(=O)C(N)Cc1c[nH]c2ccccc12)C(=O)NC(Cc1ccc(O)cc1)C(=O)O. The highest BCUT2D eigenvalue weighted by atomic mass is 16.4. The second-order valence-corrected chi connectivity index (χ2v) is 8.17. The number of para-hydroxylation sites is 1. The largest absolute Gasteiger partial charge is 0.508 e. The lowest BCUT2D eigenvalue weighted by atomic mass is 10.0. The minimum atomic E-state index is -1.40. The summed E-state index contributed by atoms with van der Waals surface area (Å²) in [5.41, 5.74) is 8.36. The molecule has 4 atom stereocenters. The Balaban J connectivity index is 1.65. The van der Waals surface area contributed by atoms with Crippen molar-refractivity contribution >= 4 is 28.7 Å². The van der Waals surface area contributed by atoms with Crippen LogP contribution in [0.4, 0.5) is 0 Å². The van der Waals surface area contributed by atoms with Crippen LogP contribution in [0.1, 0.15) is 18.1 Å². The molecule has 180 valence electrons. The Labute approximate surface area is 195 Å². The van der Waals surface area contributed by atoms with Crippen LogP contribution in [0.5, 0.6) is 5.75 Å². The smallest absolute Gasteiger partial charge is 0.326 e. The minimum absolute atomic E-state index is 0.0283. The molecule has 0 fully saturated rings. The first-order valence-electron chi connectivity index (χ1n) is 10.8. The number of hydrogen-bond donors (Lipinski definition) is 7. The van der Waals surface area contributed by atoms with E-state index < -0.39 is 42.0 Å². The second-order valence-electron chi connectivity index (χ2n) is 8.17. The number of aromatic hydroxyl groups is 1. The number of hydrogen-bond acceptors (Lipinski definition) is 6. The summed E-state index contributed by atoms with van der Waals surface area (Å²) in [6, 6.07) is 9.73. The van der Waals surface area contributed by atoms with Gasteiger partial charge in [-0.25, -0.2) is 4.79 Å². The summed E-state index contributed by atoms with van der Waals surface area (Å²) in [7, 11) is 0. The fourth-order valence-corrected chi connectivity index (χ4v) is 3.62. The van der Waals surface area contributed by atoms with Gasteiger partial charge in [-0.15, -0.1) is 0 Å². The Morgan fingerprint density at radius 1 is 1.00 bits per heavy atom. The van der Waals surface area contributed by atoms with Crippen molar-refractivity contribution in [2.45, 2.75) is 44.0 Å². The van der Waals surface area contributed by atoms with E-state index in [1.807, 2.05) is 24.3 Å². The first kappa shape index (κ1) is 24.7. The third-order valence-electron chi connectivity index (χ3n) is 5.50. The summed E-state index contributed by atoms with van der Waals surface area (Å²) < 4.78 is 0. The lowest BCUT2D eigenvalue weighted by Crippen LogP contribution is -2.58. The standard InChI is InChI=1S/C24H28N4O6/c1-13(29)21(23(32)27-20(24(33)34)10-14-6-8-16(30)9-7-14)28-22(31)18(25)11-15-12-26-19-5-3-2-4-17(15)19/h2-9,12-13,18,20-21,26,29-30H,10-11,25H2,1H3,(H,27,32)(H,28,31)(H,33,34). The topological polar surface area (TPSA) is 178 Å². The molecule has 10 nitrogen and oxygen atoms in total. The van der Waals surface area contributed by atoms with Crippen LogP contribution < -0.4 is 16.4 Å². The Bertz CT molecular complexity index is 1160. The number of nitrogens with one attached hydrogen (secondary N) is 3. The quantitative estimate of drug-likeness (QED) is 0.225. The van der Waals surface area contributed by atoms with Gasteiger partial charge in [0.2, 0.25) is 11.8 Å². The molecule has 0 radical (unpaired) electrons. The van der Waals surface area contributed by atoms with Crippen molar-refractivity contribution in [3.63, 3.8) is 0 Å². The maximum atomic E-state index is 12.8. The molecule has 2 aromatic carbocycles. The zero-order chi connectivity index (χ0) is 24.8. The molecule has 0 saturated heterocycles. The number of aliphatic carboxylic acids is 1. The van der Waals surface area contributed by atoms with Gasteiger partial charge >= 0.3 is 5.97 Å². The third-order valence-corrected chi connectivity index (χ3v) is 5.50. The summed E-state index contributed by atoms with van der Waals surface area (Å²) in [5.74, 6) is -2.76. The molecule has 1 aromatic heterocycles. The van der Waals surface area contributed by atoms with Crippen LogP contribution in [-0.2, 0) is 27.2 Å². The molecule has 0 aliphatic heterocycles. The summed E-state index contributed by atoms with van der Waals surface area (Å²) in [6.07, 6.45) is 0.606. The molecule has 4 unspecified atom stereocenters. The van der Waals surface area contributed by atoms with E-state index in [9.17, 15) is 29.7 Å². The summed E-state index contributed by atoms with van der Waals surface area (Å²) >= 11 is 0. The van der Waals surface area contributed by atoms with E-state index in [0.29, 0.717) is 5.56 Å². The van der Waals surface area contributed by atoms with Crippen molar-refractivity contribution in [1.82, 2.24) is 15.6 Å². The summed E-state index contributed by atoms with van der Waals surface area (Å²) in [5, 5.41) is 34.7. The Kier molecular flexibility index (Phi) is 7.87. The van der Waals surface area contributed by atoms with Crippen LogP contribution in [0.15, 0.2) is 54.7 Å². The number of carboxylic acids is 1. The van der Waals surface area contributed by atoms with E-state index >= 15 is 0 Å². The highest BCUT2D eigenvalue weighted by Crippen LogP contribution is 2.19. The van der Waals surface area contributed by atoms with Crippen LogP contribution in [0.3, 0.4) is 0 Å². The zero-order valence-electron chi connectivity index (χ0n) is 18.6. The maximum Gasteiger partial charge on any atom is 0.326 e. The van der Waals surface area contributed by atoms with E-state index in [-0.39, 0.29) is 18.6 Å². The molecule has 3 rings (SSSR count). The monoisotopic (exact) mass is 468 g/mol. The molecule has 8 N–H and O–H groups in total.